The van der Waals surface area contributed by atoms with Crippen molar-refractivity contribution in [2.75, 3.05) is 18.1 Å². The number of hydrogen-bond donors (Lipinski definition) is 1. The SMILES string of the molecule is CCCCCS(=O)CCCC(C)NCCC. The van der Waals surface area contributed by atoms with Crippen LogP contribution in [0.5, 0.6) is 0 Å². The number of unbranched alkanes of at least 4 members (excludes halogenated alkanes) is 2. The van der Waals surface area contributed by atoms with Crippen LogP contribution in [-0.4, -0.2) is 28.3 Å². The highest BCUT2D eigenvalue weighted by Gasteiger charge is 2.03. The number of nitrogens with one attached hydrogen (secondary N) is 1. The van der Waals surface area contributed by atoms with Crippen LogP contribution in [0.25, 0.3) is 0 Å². The van der Waals surface area contributed by atoms with E-state index in [4.69, 9.17) is 0 Å². The minimum atomic E-state index is -0.571. The van der Waals surface area contributed by atoms with Crippen molar-refractivity contribution in [3.8, 4) is 0 Å². The minimum Gasteiger partial charge on any atom is -0.314 e. The van der Waals surface area contributed by atoms with Gasteiger partial charge in [-0.3, -0.25) is 4.21 Å². The van der Waals surface area contributed by atoms with Gasteiger partial charge in [0.15, 0.2) is 0 Å². The van der Waals surface area contributed by atoms with E-state index in [0.29, 0.717) is 6.04 Å². The van der Waals surface area contributed by atoms with Crippen LogP contribution in [0, 0.1) is 0 Å². The van der Waals surface area contributed by atoms with Crippen molar-refractivity contribution in [3.05, 3.63) is 0 Å². The Bertz CT molecular complexity index is 173. The average molecular weight is 247 g/mol. The number of hydrogen-bond acceptors (Lipinski definition) is 2. The second-order valence-corrected chi connectivity index (χ2v) is 6.25. The van der Waals surface area contributed by atoms with E-state index in [1.54, 1.807) is 0 Å². The molecule has 0 aromatic heterocycles. The fourth-order valence-corrected chi connectivity index (χ4v) is 2.88. The van der Waals surface area contributed by atoms with Gasteiger partial charge in [-0.25, -0.2) is 0 Å². The van der Waals surface area contributed by atoms with Gasteiger partial charge in [0.25, 0.3) is 0 Å². The molecule has 0 aromatic carbocycles. The topological polar surface area (TPSA) is 29.1 Å². The molecule has 0 saturated heterocycles. The molecule has 0 heterocycles. The fraction of sp³-hybridized carbons (Fsp3) is 1.00. The first-order valence-electron chi connectivity index (χ1n) is 6.79. The van der Waals surface area contributed by atoms with Crippen LogP contribution in [0.4, 0.5) is 0 Å². The lowest BCUT2D eigenvalue weighted by Crippen LogP contribution is -2.26. The maximum Gasteiger partial charge on any atom is 0.0235 e. The van der Waals surface area contributed by atoms with E-state index >= 15 is 0 Å². The largest absolute Gasteiger partial charge is 0.314 e. The van der Waals surface area contributed by atoms with Crippen LogP contribution in [0.2, 0.25) is 0 Å². The third-order valence-corrected chi connectivity index (χ3v) is 4.22. The summed E-state index contributed by atoms with van der Waals surface area (Å²) < 4.78 is 11.6. The summed E-state index contributed by atoms with van der Waals surface area (Å²) in [5.41, 5.74) is 0. The lowest BCUT2D eigenvalue weighted by molar-refractivity contribution is 0.509. The van der Waals surface area contributed by atoms with Crippen LogP contribution < -0.4 is 5.32 Å². The van der Waals surface area contributed by atoms with Crippen molar-refractivity contribution >= 4 is 10.8 Å². The van der Waals surface area contributed by atoms with Crippen molar-refractivity contribution in [1.82, 2.24) is 5.32 Å². The van der Waals surface area contributed by atoms with Gasteiger partial charge in [0, 0.05) is 28.3 Å². The summed E-state index contributed by atoms with van der Waals surface area (Å²) in [5.74, 6) is 1.80. The van der Waals surface area contributed by atoms with E-state index in [9.17, 15) is 4.21 Å². The van der Waals surface area contributed by atoms with Crippen molar-refractivity contribution in [2.45, 2.75) is 65.3 Å². The summed E-state index contributed by atoms with van der Waals surface area (Å²) in [4.78, 5) is 0. The molecular weight excluding hydrogens is 218 g/mol. The Hall–Kier alpha value is 0.110. The van der Waals surface area contributed by atoms with Gasteiger partial charge in [-0.05, 0) is 39.2 Å². The normalized spacial score (nSPS) is 14.9. The van der Waals surface area contributed by atoms with Gasteiger partial charge < -0.3 is 5.32 Å². The van der Waals surface area contributed by atoms with Gasteiger partial charge in [0.2, 0.25) is 0 Å². The zero-order chi connectivity index (χ0) is 12.2. The van der Waals surface area contributed by atoms with Crippen LogP contribution >= 0.6 is 0 Å². The average Bonchev–Trinajstić information content (AvgIpc) is 2.26. The zero-order valence-electron chi connectivity index (χ0n) is 11.3. The quantitative estimate of drug-likeness (QED) is 0.568. The van der Waals surface area contributed by atoms with E-state index in [1.807, 2.05) is 0 Å². The second kappa shape index (κ2) is 11.6. The Morgan fingerprint density at radius 1 is 1.06 bits per heavy atom. The molecule has 2 nitrogen and oxygen atoms in total. The maximum absolute atomic E-state index is 11.6. The van der Waals surface area contributed by atoms with Gasteiger partial charge in [0.1, 0.15) is 0 Å². The predicted molar refractivity (Wildman–Crippen MR) is 74.4 cm³/mol. The van der Waals surface area contributed by atoms with Gasteiger partial charge in [-0.15, -0.1) is 0 Å². The highest BCUT2D eigenvalue weighted by Crippen LogP contribution is 2.02. The lowest BCUT2D eigenvalue weighted by atomic mass is 10.2. The smallest absolute Gasteiger partial charge is 0.0235 e. The van der Waals surface area contributed by atoms with E-state index in [-0.39, 0.29) is 0 Å². The third kappa shape index (κ3) is 10.6. The monoisotopic (exact) mass is 247 g/mol. The van der Waals surface area contributed by atoms with Gasteiger partial charge in [-0.1, -0.05) is 26.7 Å². The molecule has 0 amide bonds. The summed E-state index contributed by atoms with van der Waals surface area (Å²) in [6.07, 6.45) is 7.01. The van der Waals surface area contributed by atoms with Crippen molar-refractivity contribution in [1.29, 1.82) is 0 Å². The van der Waals surface area contributed by atoms with Gasteiger partial charge >= 0.3 is 0 Å². The van der Waals surface area contributed by atoms with E-state index < -0.39 is 10.8 Å². The third-order valence-electron chi connectivity index (χ3n) is 2.73. The second-order valence-electron chi connectivity index (χ2n) is 4.55. The van der Waals surface area contributed by atoms with E-state index in [1.165, 1.54) is 19.3 Å². The lowest BCUT2D eigenvalue weighted by Gasteiger charge is -2.12. The molecule has 0 aromatic rings. The van der Waals surface area contributed by atoms with Crippen LogP contribution in [0.1, 0.15) is 59.3 Å². The van der Waals surface area contributed by atoms with Crippen LogP contribution in [0.3, 0.4) is 0 Å². The minimum absolute atomic E-state index is 0.571. The Balaban J connectivity index is 3.32. The molecule has 2 unspecified atom stereocenters. The first kappa shape index (κ1) is 16.1. The van der Waals surface area contributed by atoms with Gasteiger partial charge in [0.05, 0.1) is 0 Å². The molecule has 0 aliphatic heterocycles. The van der Waals surface area contributed by atoms with Crippen LogP contribution in [-0.2, 0) is 10.8 Å². The van der Waals surface area contributed by atoms with Gasteiger partial charge in [-0.2, -0.15) is 0 Å². The molecule has 0 bridgehead atoms. The highest BCUT2D eigenvalue weighted by atomic mass is 32.2. The molecule has 0 radical (unpaired) electrons. The molecule has 0 saturated carbocycles. The summed E-state index contributed by atoms with van der Waals surface area (Å²) in [7, 11) is -0.571. The molecule has 1 N–H and O–H groups in total. The molecular formula is C13H29NOS. The summed E-state index contributed by atoms with van der Waals surface area (Å²) >= 11 is 0. The molecule has 16 heavy (non-hydrogen) atoms. The van der Waals surface area contributed by atoms with E-state index in [0.717, 1.165) is 37.3 Å². The maximum atomic E-state index is 11.6. The van der Waals surface area contributed by atoms with Crippen molar-refractivity contribution in [2.24, 2.45) is 0 Å². The Kier molecular flexibility index (Phi) is 11.7. The first-order chi connectivity index (χ1) is 7.70. The molecule has 0 aliphatic rings. The Morgan fingerprint density at radius 3 is 2.38 bits per heavy atom. The molecule has 0 spiro atoms. The Morgan fingerprint density at radius 2 is 1.75 bits per heavy atom. The number of rotatable bonds is 11. The first-order valence-corrected chi connectivity index (χ1v) is 8.27. The molecule has 3 heteroatoms. The summed E-state index contributed by atoms with van der Waals surface area (Å²) in [6, 6.07) is 0.576. The summed E-state index contributed by atoms with van der Waals surface area (Å²) in [6.45, 7) is 7.68. The van der Waals surface area contributed by atoms with E-state index in [2.05, 4.69) is 26.1 Å². The predicted octanol–water partition coefficient (Wildman–Crippen LogP) is 3.09. The van der Waals surface area contributed by atoms with Crippen molar-refractivity contribution in [3.63, 3.8) is 0 Å². The molecule has 0 aliphatic carbocycles. The molecule has 2 atom stereocenters. The standard InChI is InChI=1S/C13H29NOS/c1-4-6-7-11-16(15)12-8-9-13(3)14-10-5-2/h13-14H,4-12H2,1-3H3. The highest BCUT2D eigenvalue weighted by molar-refractivity contribution is 7.84. The molecule has 98 valence electrons. The zero-order valence-corrected chi connectivity index (χ0v) is 12.1. The van der Waals surface area contributed by atoms with Crippen LogP contribution in [0.15, 0.2) is 0 Å². The fourth-order valence-electron chi connectivity index (χ4n) is 1.66. The summed E-state index contributed by atoms with van der Waals surface area (Å²) in [5, 5.41) is 3.46. The molecule has 0 rings (SSSR count). The molecule has 0 fully saturated rings. The Labute approximate surface area is 104 Å². The van der Waals surface area contributed by atoms with Crippen molar-refractivity contribution < 1.29 is 4.21 Å².